The number of nitrogens with one attached hydrogen (secondary N) is 1. The first-order valence-electron chi connectivity index (χ1n) is 6.39. The van der Waals surface area contributed by atoms with Gasteiger partial charge in [-0.25, -0.2) is 4.98 Å². The lowest BCUT2D eigenvalue weighted by Gasteiger charge is -2.25. The van der Waals surface area contributed by atoms with E-state index in [1.54, 1.807) is 7.11 Å². The normalized spacial score (nSPS) is 26.7. The van der Waals surface area contributed by atoms with Crippen LogP contribution in [0.15, 0.2) is 18.3 Å². The van der Waals surface area contributed by atoms with E-state index in [4.69, 9.17) is 16.3 Å². The molecule has 1 aromatic rings. The lowest BCUT2D eigenvalue weighted by molar-refractivity contribution is 0.323. The van der Waals surface area contributed by atoms with Crippen LogP contribution in [0, 0.1) is 11.8 Å². The van der Waals surface area contributed by atoms with E-state index in [0.717, 1.165) is 31.0 Å². The number of halogens is 1. The van der Waals surface area contributed by atoms with Crippen molar-refractivity contribution in [1.82, 2.24) is 10.3 Å². The molecule has 1 aliphatic heterocycles. The first-order chi connectivity index (χ1) is 8.78. The van der Waals surface area contributed by atoms with Gasteiger partial charge in [-0.2, -0.15) is 0 Å². The summed E-state index contributed by atoms with van der Waals surface area (Å²) in [6, 6.07) is 1.99. The molecule has 0 amide bonds. The van der Waals surface area contributed by atoms with Gasteiger partial charge < -0.3 is 10.1 Å². The van der Waals surface area contributed by atoms with Gasteiger partial charge in [0.1, 0.15) is 0 Å². The van der Waals surface area contributed by atoms with Crippen LogP contribution in [0.2, 0.25) is 5.15 Å². The Balaban J connectivity index is 1.87. The van der Waals surface area contributed by atoms with E-state index in [0.29, 0.717) is 16.8 Å². The third kappa shape index (κ3) is 2.13. The van der Waals surface area contributed by atoms with Crippen molar-refractivity contribution >= 4 is 17.2 Å². The summed E-state index contributed by atoms with van der Waals surface area (Å²) < 4.78 is 5.23. The standard InChI is InChI=1S/C14H17ClN2O/c1-18-13-6-12(8-17-14(13)15)10-4-9-2-3-16-7-11(9)5-10/h5-6,8-9,11,16H,2-4,7H2,1H3/t9-,11-/m0/s1. The van der Waals surface area contributed by atoms with E-state index in [2.05, 4.69) is 16.4 Å². The van der Waals surface area contributed by atoms with Gasteiger partial charge in [0.2, 0.25) is 0 Å². The van der Waals surface area contributed by atoms with Gasteiger partial charge in [-0.3, -0.25) is 0 Å². The maximum atomic E-state index is 5.96. The summed E-state index contributed by atoms with van der Waals surface area (Å²) in [5.41, 5.74) is 2.53. The van der Waals surface area contributed by atoms with E-state index in [9.17, 15) is 0 Å². The third-order valence-electron chi connectivity index (χ3n) is 3.97. The number of pyridine rings is 1. The summed E-state index contributed by atoms with van der Waals surface area (Å²) >= 11 is 5.96. The lowest BCUT2D eigenvalue weighted by Crippen LogP contribution is -2.33. The summed E-state index contributed by atoms with van der Waals surface area (Å²) in [6.45, 7) is 2.25. The largest absolute Gasteiger partial charge is 0.494 e. The van der Waals surface area contributed by atoms with Gasteiger partial charge in [0, 0.05) is 12.7 Å². The molecule has 1 aliphatic carbocycles. The van der Waals surface area contributed by atoms with Gasteiger partial charge in [0.05, 0.1) is 7.11 Å². The van der Waals surface area contributed by atoms with Crippen LogP contribution in [0.3, 0.4) is 0 Å². The van der Waals surface area contributed by atoms with E-state index < -0.39 is 0 Å². The fourth-order valence-corrected chi connectivity index (χ4v) is 3.14. The molecule has 96 valence electrons. The van der Waals surface area contributed by atoms with E-state index >= 15 is 0 Å². The molecule has 1 aromatic heterocycles. The Bertz CT molecular complexity index is 487. The molecule has 2 heterocycles. The molecule has 0 spiro atoms. The molecule has 2 atom stereocenters. The Labute approximate surface area is 112 Å². The maximum absolute atomic E-state index is 5.96. The molecule has 0 unspecified atom stereocenters. The second-order valence-electron chi connectivity index (χ2n) is 5.03. The highest BCUT2D eigenvalue weighted by Gasteiger charge is 2.30. The van der Waals surface area contributed by atoms with Crippen LogP contribution in [-0.4, -0.2) is 25.2 Å². The summed E-state index contributed by atoms with van der Waals surface area (Å²) in [6.07, 6.45) is 6.66. The quantitative estimate of drug-likeness (QED) is 0.834. The number of fused-ring (bicyclic) bond motifs is 1. The molecule has 0 radical (unpaired) electrons. The van der Waals surface area contributed by atoms with Crippen LogP contribution in [0.1, 0.15) is 18.4 Å². The number of aromatic nitrogens is 1. The lowest BCUT2D eigenvalue weighted by atomic mass is 9.89. The van der Waals surface area contributed by atoms with Gasteiger partial charge in [-0.1, -0.05) is 17.7 Å². The highest BCUT2D eigenvalue weighted by Crippen LogP contribution is 2.40. The van der Waals surface area contributed by atoms with Gasteiger partial charge in [0.25, 0.3) is 0 Å². The Morgan fingerprint density at radius 2 is 2.39 bits per heavy atom. The van der Waals surface area contributed by atoms with Crippen molar-refractivity contribution in [3.05, 3.63) is 29.1 Å². The Hall–Kier alpha value is -1.06. The molecule has 1 fully saturated rings. The van der Waals surface area contributed by atoms with Gasteiger partial charge in [-0.15, -0.1) is 0 Å². The summed E-state index contributed by atoms with van der Waals surface area (Å²) in [4.78, 5) is 4.20. The Morgan fingerprint density at radius 3 is 3.17 bits per heavy atom. The summed E-state index contributed by atoms with van der Waals surface area (Å²) in [5, 5.41) is 3.88. The van der Waals surface area contributed by atoms with Crippen molar-refractivity contribution in [2.45, 2.75) is 12.8 Å². The van der Waals surface area contributed by atoms with Crippen LogP contribution in [0.25, 0.3) is 5.57 Å². The molecule has 1 N–H and O–H groups in total. The fourth-order valence-electron chi connectivity index (χ4n) is 2.96. The molecule has 0 bridgehead atoms. The van der Waals surface area contributed by atoms with Crippen molar-refractivity contribution in [2.75, 3.05) is 20.2 Å². The second-order valence-corrected chi connectivity index (χ2v) is 5.39. The van der Waals surface area contributed by atoms with Gasteiger partial charge >= 0.3 is 0 Å². The SMILES string of the molecule is COc1cc(C2=C[C@H]3CNCC[C@H]3C2)cnc1Cl. The second kappa shape index (κ2) is 4.90. The molecular weight excluding hydrogens is 248 g/mol. The number of piperidine rings is 1. The topological polar surface area (TPSA) is 34.1 Å². The first-order valence-corrected chi connectivity index (χ1v) is 6.77. The van der Waals surface area contributed by atoms with Crippen LogP contribution in [-0.2, 0) is 0 Å². The van der Waals surface area contributed by atoms with E-state index in [1.165, 1.54) is 12.0 Å². The molecular formula is C14H17ClN2O. The van der Waals surface area contributed by atoms with Crippen molar-refractivity contribution in [3.8, 4) is 5.75 Å². The van der Waals surface area contributed by atoms with Crippen molar-refractivity contribution in [3.63, 3.8) is 0 Å². The number of rotatable bonds is 2. The monoisotopic (exact) mass is 264 g/mol. The van der Waals surface area contributed by atoms with E-state index in [-0.39, 0.29) is 0 Å². The number of methoxy groups -OCH3 is 1. The number of allylic oxidation sites excluding steroid dienone is 1. The highest BCUT2D eigenvalue weighted by molar-refractivity contribution is 6.30. The maximum Gasteiger partial charge on any atom is 0.171 e. The van der Waals surface area contributed by atoms with Gasteiger partial charge in [-0.05, 0) is 48.4 Å². The van der Waals surface area contributed by atoms with Crippen LogP contribution in [0.5, 0.6) is 5.75 Å². The molecule has 1 saturated heterocycles. The first kappa shape index (κ1) is 12.0. The predicted molar refractivity (Wildman–Crippen MR) is 72.9 cm³/mol. The number of nitrogens with zero attached hydrogens (tertiary/aromatic N) is 1. The van der Waals surface area contributed by atoms with Gasteiger partial charge in [0.15, 0.2) is 10.9 Å². The molecule has 0 aromatic carbocycles. The van der Waals surface area contributed by atoms with E-state index in [1.807, 2.05) is 12.3 Å². The zero-order valence-corrected chi connectivity index (χ0v) is 11.2. The Morgan fingerprint density at radius 1 is 1.50 bits per heavy atom. The summed E-state index contributed by atoms with van der Waals surface area (Å²) in [7, 11) is 1.62. The average molecular weight is 265 g/mol. The smallest absolute Gasteiger partial charge is 0.171 e. The molecule has 0 saturated carbocycles. The number of hydrogen-bond acceptors (Lipinski definition) is 3. The van der Waals surface area contributed by atoms with Crippen LogP contribution in [0.4, 0.5) is 0 Å². The van der Waals surface area contributed by atoms with Crippen molar-refractivity contribution in [1.29, 1.82) is 0 Å². The Kier molecular flexibility index (Phi) is 3.27. The molecule has 2 aliphatic rings. The summed E-state index contributed by atoms with van der Waals surface area (Å²) in [5.74, 6) is 2.13. The van der Waals surface area contributed by atoms with Crippen LogP contribution < -0.4 is 10.1 Å². The van der Waals surface area contributed by atoms with Crippen molar-refractivity contribution < 1.29 is 4.74 Å². The van der Waals surface area contributed by atoms with Crippen LogP contribution >= 0.6 is 11.6 Å². The average Bonchev–Trinajstić information content (AvgIpc) is 2.83. The molecule has 18 heavy (non-hydrogen) atoms. The molecule has 4 heteroatoms. The minimum absolute atomic E-state index is 0.430. The highest BCUT2D eigenvalue weighted by atomic mass is 35.5. The fraction of sp³-hybridized carbons (Fsp3) is 0.500. The van der Waals surface area contributed by atoms with Crippen molar-refractivity contribution in [2.24, 2.45) is 11.8 Å². The molecule has 3 rings (SSSR count). The minimum atomic E-state index is 0.430. The third-order valence-corrected chi connectivity index (χ3v) is 4.26. The zero-order valence-electron chi connectivity index (χ0n) is 10.4. The number of hydrogen-bond donors (Lipinski definition) is 1. The molecule has 3 nitrogen and oxygen atoms in total. The minimum Gasteiger partial charge on any atom is -0.494 e. The number of ether oxygens (including phenoxy) is 1. The predicted octanol–water partition coefficient (Wildman–Crippen LogP) is 2.76. The zero-order chi connectivity index (χ0) is 12.5.